The van der Waals surface area contributed by atoms with Crippen LogP contribution in [0.3, 0.4) is 0 Å². The first-order chi connectivity index (χ1) is 10.1. The van der Waals surface area contributed by atoms with Gasteiger partial charge >= 0.3 is 5.97 Å². The van der Waals surface area contributed by atoms with Crippen molar-refractivity contribution in [2.75, 3.05) is 14.2 Å². The van der Waals surface area contributed by atoms with Gasteiger partial charge in [-0.3, -0.25) is 0 Å². The Morgan fingerprint density at radius 2 is 1.76 bits per heavy atom. The number of rotatable bonds is 6. The number of carboxylic acid groups (broad SMARTS) is 1. The molecule has 0 aliphatic carbocycles. The third-order valence-corrected chi connectivity index (χ3v) is 3.96. The number of thioether (sulfide) groups is 1. The lowest BCUT2D eigenvalue weighted by Crippen LogP contribution is -1.95. The minimum atomic E-state index is -0.916. The molecule has 0 fully saturated rings. The van der Waals surface area contributed by atoms with Crippen molar-refractivity contribution in [3.8, 4) is 11.5 Å². The van der Waals surface area contributed by atoms with Crippen molar-refractivity contribution >= 4 is 17.7 Å². The fourth-order valence-corrected chi connectivity index (χ4v) is 2.72. The third kappa shape index (κ3) is 4.16. The summed E-state index contributed by atoms with van der Waals surface area (Å²) in [6, 6.07) is 12.6. The van der Waals surface area contributed by atoms with E-state index >= 15 is 0 Å². The number of benzene rings is 2. The zero-order valence-electron chi connectivity index (χ0n) is 11.8. The average molecular weight is 304 g/mol. The number of ether oxygens (including phenoxy) is 2. The first-order valence-corrected chi connectivity index (χ1v) is 7.29. The second kappa shape index (κ2) is 7.04. The highest BCUT2D eigenvalue weighted by Gasteiger charge is 2.06. The zero-order chi connectivity index (χ0) is 15.2. The molecule has 2 aromatic carbocycles. The van der Waals surface area contributed by atoms with Gasteiger partial charge in [0.15, 0.2) is 0 Å². The Morgan fingerprint density at radius 1 is 1.10 bits per heavy atom. The topological polar surface area (TPSA) is 55.8 Å². The van der Waals surface area contributed by atoms with Crippen LogP contribution < -0.4 is 9.47 Å². The van der Waals surface area contributed by atoms with Crippen molar-refractivity contribution in [3.63, 3.8) is 0 Å². The number of hydrogen-bond donors (Lipinski definition) is 1. The molecule has 0 bridgehead atoms. The van der Waals surface area contributed by atoms with Crippen LogP contribution >= 0.6 is 11.8 Å². The molecule has 4 nitrogen and oxygen atoms in total. The largest absolute Gasteiger partial charge is 0.497 e. The Bertz CT molecular complexity index is 618. The molecule has 1 N–H and O–H groups in total. The van der Waals surface area contributed by atoms with Crippen molar-refractivity contribution in [3.05, 3.63) is 53.6 Å². The molecule has 21 heavy (non-hydrogen) atoms. The molecule has 0 saturated carbocycles. The van der Waals surface area contributed by atoms with Gasteiger partial charge in [-0.2, -0.15) is 0 Å². The fourth-order valence-electron chi connectivity index (χ4n) is 1.84. The molecule has 0 spiro atoms. The van der Waals surface area contributed by atoms with E-state index in [1.54, 1.807) is 44.2 Å². The lowest BCUT2D eigenvalue weighted by Gasteiger charge is -2.08. The monoisotopic (exact) mass is 304 g/mol. The molecule has 0 radical (unpaired) electrons. The predicted molar refractivity (Wildman–Crippen MR) is 82.5 cm³/mol. The Kier molecular flexibility index (Phi) is 5.11. The molecule has 0 aromatic heterocycles. The summed E-state index contributed by atoms with van der Waals surface area (Å²) in [4.78, 5) is 11.9. The van der Waals surface area contributed by atoms with Gasteiger partial charge in [0.1, 0.15) is 11.5 Å². The highest BCUT2D eigenvalue weighted by atomic mass is 32.2. The zero-order valence-corrected chi connectivity index (χ0v) is 12.6. The lowest BCUT2D eigenvalue weighted by molar-refractivity contribution is 0.0696. The predicted octanol–water partition coefficient (Wildman–Crippen LogP) is 3.69. The maximum atomic E-state index is 11.0. The number of hydrogen-bond acceptors (Lipinski definition) is 4. The quantitative estimate of drug-likeness (QED) is 0.825. The first-order valence-electron chi connectivity index (χ1n) is 6.30. The van der Waals surface area contributed by atoms with Gasteiger partial charge in [0.05, 0.1) is 19.8 Å². The molecule has 0 amide bonds. The lowest BCUT2D eigenvalue weighted by atomic mass is 10.2. The van der Waals surface area contributed by atoms with E-state index in [1.807, 2.05) is 24.3 Å². The Morgan fingerprint density at radius 3 is 2.33 bits per heavy atom. The van der Waals surface area contributed by atoms with Crippen LogP contribution in [-0.2, 0) is 5.75 Å². The normalized spacial score (nSPS) is 10.2. The summed E-state index contributed by atoms with van der Waals surface area (Å²) in [5.74, 6) is 1.27. The van der Waals surface area contributed by atoms with E-state index in [4.69, 9.17) is 14.6 Å². The molecule has 2 aromatic rings. The second-order valence-corrected chi connectivity index (χ2v) is 5.39. The minimum Gasteiger partial charge on any atom is -0.497 e. The van der Waals surface area contributed by atoms with Gasteiger partial charge in [0.25, 0.3) is 0 Å². The van der Waals surface area contributed by atoms with E-state index in [-0.39, 0.29) is 0 Å². The van der Waals surface area contributed by atoms with E-state index in [0.717, 1.165) is 22.0 Å². The summed E-state index contributed by atoms with van der Waals surface area (Å²) >= 11 is 1.57. The Hall–Kier alpha value is -2.14. The van der Waals surface area contributed by atoms with Gasteiger partial charge < -0.3 is 14.6 Å². The van der Waals surface area contributed by atoms with Crippen LogP contribution in [0.4, 0.5) is 0 Å². The van der Waals surface area contributed by atoms with Crippen molar-refractivity contribution in [1.82, 2.24) is 0 Å². The van der Waals surface area contributed by atoms with Gasteiger partial charge in [-0.25, -0.2) is 4.79 Å². The smallest absolute Gasteiger partial charge is 0.335 e. The summed E-state index contributed by atoms with van der Waals surface area (Å²) in [5.41, 5.74) is 1.35. The number of methoxy groups -OCH3 is 2. The van der Waals surface area contributed by atoms with Crippen molar-refractivity contribution in [2.45, 2.75) is 10.6 Å². The molecule has 5 heteroatoms. The van der Waals surface area contributed by atoms with E-state index in [1.165, 1.54) is 0 Å². The van der Waals surface area contributed by atoms with Crippen molar-refractivity contribution in [2.24, 2.45) is 0 Å². The molecule has 0 atom stereocenters. The number of carboxylic acids is 1. The molecule has 0 aliphatic heterocycles. The summed E-state index contributed by atoms with van der Waals surface area (Å²) < 4.78 is 10.5. The van der Waals surface area contributed by atoms with Crippen LogP contribution in [0.2, 0.25) is 0 Å². The average Bonchev–Trinajstić information content (AvgIpc) is 2.52. The Balaban J connectivity index is 2.12. The van der Waals surface area contributed by atoms with Crippen molar-refractivity contribution < 1.29 is 19.4 Å². The highest BCUT2D eigenvalue weighted by molar-refractivity contribution is 7.98. The summed E-state index contributed by atoms with van der Waals surface area (Å²) in [6.45, 7) is 0. The van der Waals surface area contributed by atoms with Gasteiger partial charge in [0, 0.05) is 16.7 Å². The molecule has 0 saturated heterocycles. The van der Waals surface area contributed by atoms with E-state index in [0.29, 0.717) is 11.3 Å². The van der Waals surface area contributed by atoms with Gasteiger partial charge in [-0.15, -0.1) is 11.8 Å². The maximum absolute atomic E-state index is 11.0. The van der Waals surface area contributed by atoms with Gasteiger partial charge in [-0.1, -0.05) is 6.07 Å². The summed E-state index contributed by atoms with van der Waals surface area (Å²) in [7, 11) is 3.23. The SMILES string of the molecule is COc1cc(CSc2cccc(C(=O)O)c2)cc(OC)c1. The molecular formula is C16H16O4S. The van der Waals surface area contributed by atoms with E-state index in [9.17, 15) is 4.79 Å². The van der Waals surface area contributed by atoms with Crippen LogP contribution in [0.25, 0.3) is 0 Å². The van der Waals surface area contributed by atoms with E-state index in [2.05, 4.69) is 0 Å². The molecule has 0 heterocycles. The van der Waals surface area contributed by atoms with Crippen molar-refractivity contribution in [1.29, 1.82) is 0 Å². The standard InChI is InChI=1S/C16H16O4S/c1-19-13-6-11(7-14(9-13)20-2)10-21-15-5-3-4-12(8-15)16(17)18/h3-9H,10H2,1-2H3,(H,17,18). The van der Waals surface area contributed by atoms with Crippen LogP contribution in [-0.4, -0.2) is 25.3 Å². The van der Waals surface area contributed by atoms with Gasteiger partial charge in [-0.05, 0) is 35.9 Å². The number of carbonyl (C=O) groups is 1. The van der Waals surface area contributed by atoms with E-state index < -0.39 is 5.97 Å². The van der Waals surface area contributed by atoms with Crippen LogP contribution in [0.15, 0.2) is 47.4 Å². The Labute approximate surface area is 127 Å². The van der Waals surface area contributed by atoms with Crippen LogP contribution in [0.5, 0.6) is 11.5 Å². The van der Waals surface area contributed by atoms with Crippen LogP contribution in [0.1, 0.15) is 15.9 Å². The molecular weight excluding hydrogens is 288 g/mol. The second-order valence-electron chi connectivity index (χ2n) is 4.34. The van der Waals surface area contributed by atoms with Gasteiger partial charge in [0.2, 0.25) is 0 Å². The minimum absolute atomic E-state index is 0.295. The fraction of sp³-hybridized carbons (Fsp3) is 0.188. The summed E-state index contributed by atoms with van der Waals surface area (Å²) in [5, 5.41) is 8.99. The number of aromatic carboxylic acids is 1. The maximum Gasteiger partial charge on any atom is 0.335 e. The third-order valence-electron chi connectivity index (χ3n) is 2.90. The summed E-state index contributed by atoms with van der Waals surface area (Å²) in [6.07, 6.45) is 0. The molecule has 110 valence electrons. The first kappa shape index (κ1) is 15.3. The van der Waals surface area contributed by atoms with Crippen LogP contribution in [0, 0.1) is 0 Å². The molecule has 0 unspecified atom stereocenters. The molecule has 2 rings (SSSR count). The highest BCUT2D eigenvalue weighted by Crippen LogP contribution is 2.28. The molecule has 0 aliphatic rings.